The molecule has 0 saturated carbocycles. The molecule has 0 fully saturated rings. The topological polar surface area (TPSA) is 128 Å². The fourth-order valence-electron chi connectivity index (χ4n) is 1.31. The van der Waals surface area contributed by atoms with Crippen molar-refractivity contribution in [1.82, 2.24) is 9.80 Å². The lowest BCUT2D eigenvalue weighted by atomic mass is 10.2. The molecule has 0 heterocycles. The average molecular weight is 256 g/mol. The Hall–Kier alpha value is -2.30. The van der Waals surface area contributed by atoms with E-state index in [1.807, 2.05) is 6.07 Å². The molecule has 0 aromatic carbocycles. The van der Waals surface area contributed by atoms with Crippen LogP contribution in [-0.4, -0.2) is 59.5 Å². The molecule has 0 aliphatic rings. The van der Waals surface area contributed by atoms with Crippen LogP contribution in [-0.2, 0) is 9.59 Å². The van der Waals surface area contributed by atoms with Crippen molar-refractivity contribution >= 4 is 17.9 Å². The Balaban J connectivity index is 4.68. The average Bonchev–Trinajstić information content (AvgIpc) is 2.25. The molecule has 0 saturated heterocycles. The molecule has 8 nitrogen and oxygen atoms in total. The number of carbonyl (C=O) groups is 3. The zero-order chi connectivity index (χ0) is 14.3. The van der Waals surface area contributed by atoms with Crippen LogP contribution in [0.2, 0.25) is 0 Å². The van der Waals surface area contributed by atoms with Gasteiger partial charge in [0.2, 0.25) is 5.91 Å². The first kappa shape index (κ1) is 15.7. The molecule has 3 N–H and O–H groups in total. The molecule has 0 bridgehead atoms. The minimum atomic E-state index is -1.24. The summed E-state index contributed by atoms with van der Waals surface area (Å²) < 4.78 is 0. The zero-order valence-electron chi connectivity index (χ0n) is 10.3. The van der Waals surface area contributed by atoms with Crippen LogP contribution in [0.15, 0.2) is 0 Å². The standard InChI is InChI=1S/C10H16N4O4/c1-7(3-11)4-13(2)10(18)14(5-8(12)15)6-9(16)17/h7H,4-6H2,1-2H3,(H2,12,15)(H,16,17). The van der Waals surface area contributed by atoms with Crippen molar-refractivity contribution in [3.05, 3.63) is 0 Å². The van der Waals surface area contributed by atoms with E-state index in [0.717, 1.165) is 4.90 Å². The van der Waals surface area contributed by atoms with Gasteiger partial charge in [-0.1, -0.05) is 0 Å². The van der Waals surface area contributed by atoms with Gasteiger partial charge in [0.1, 0.15) is 13.1 Å². The van der Waals surface area contributed by atoms with E-state index in [0.29, 0.717) is 0 Å². The summed E-state index contributed by atoms with van der Waals surface area (Å²) in [6.07, 6.45) is 0. The first-order valence-corrected chi connectivity index (χ1v) is 5.17. The maximum Gasteiger partial charge on any atom is 0.323 e. The Bertz CT molecular complexity index is 361. The summed E-state index contributed by atoms with van der Waals surface area (Å²) >= 11 is 0. The second-order valence-electron chi connectivity index (χ2n) is 3.91. The summed E-state index contributed by atoms with van der Waals surface area (Å²) in [4.78, 5) is 35.2. The molecule has 0 aliphatic carbocycles. The number of carboxylic acid groups (broad SMARTS) is 1. The van der Waals surface area contributed by atoms with Crippen LogP contribution in [0.25, 0.3) is 0 Å². The number of hydrogen-bond acceptors (Lipinski definition) is 4. The number of urea groups is 1. The first-order chi connectivity index (χ1) is 8.27. The van der Waals surface area contributed by atoms with Crippen molar-refractivity contribution in [3.63, 3.8) is 0 Å². The third kappa shape index (κ3) is 5.69. The van der Waals surface area contributed by atoms with Gasteiger partial charge in [0, 0.05) is 13.6 Å². The molecule has 0 aromatic rings. The van der Waals surface area contributed by atoms with Crippen LogP contribution >= 0.6 is 0 Å². The van der Waals surface area contributed by atoms with Crippen LogP contribution in [0.5, 0.6) is 0 Å². The largest absolute Gasteiger partial charge is 0.480 e. The number of primary amides is 1. The maximum absolute atomic E-state index is 11.8. The fourth-order valence-corrected chi connectivity index (χ4v) is 1.31. The number of rotatable bonds is 6. The van der Waals surface area contributed by atoms with Crippen molar-refractivity contribution in [1.29, 1.82) is 5.26 Å². The van der Waals surface area contributed by atoms with Crippen LogP contribution in [0.4, 0.5) is 4.79 Å². The van der Waals surface area contributed by atoms with Crippen LogP contribution < -0.4 is 5.73 Å². The van der Waals surface area contributed by atoms with Crippen LogP contribution in [0.3, 0.4) is 0 Å². The summed E-state index contributed by atoms with van der Waals surface area (Å²) in [6, 6.07) is 1.30. The van der Waals surface area contributed by atoms with Gasteiger partial charge < -0.3 is 20.6 Å². The van der Waals surface area contributed by atoms with E-state index < -0.39 is 31.0 Å². The minimum absolute atomic E-state index is 0.143. The second-order valence-corrected chi connectivity index (χ2v) is 3.91. The summed E-state index contributed by atoms with van der Waals surface area (Å²) in [6.45, 7) is 0.674. The predicted octanol–water partition coefficient (Wildman–Crippen LogP) is -0.930. The molecule has 1 atom stereocenters. The highest BCUT2D eigenvalue weighted by atomic mass is 16.4. The lowest BCUT2D eigenvalue weighted by molar-refractivity contribution is -0.138. The Kier molecular flexibility index (Phi) is 6.20. The van der Waals surface area contributed by atoms with Crippen molar-refractivity contribution in [3.8, 4) is 6.07 Å². The number of nitrogens with two attached hydrogens (primary N) is 1. The highest BCUT2D eigenvalue weighted by molar-refractivity contribution is 5.85. The van der Waals surface area contributed by atoms with Gasteiger partial charge in [-0.2, -0.15) is 5.26 Å². The Morgan fingerprint density at radius 2 is 1.94 bits per heavy atom. The Morgan fingerprint density at radius 3 is 2.33 bits per heavy atom. The number of amides is 3. The molecule has 0 aliphatic heterocycles. The molecular formula is C10H16N4O4. The number of carboxylic acids is 1. The third-order valence-corrected chi connectivity index (χ3v) is 2.04. The van der Waals surface area contributed by atoms with E-state index >= 15 is 0 Å². The third-order valence-electron chi connectivity index (χ3n) is 2.04. The van der Waals surface area contributed by atoms with Gasteiger partial charge >= 0.3 is 12.0 Å². The summed E-state index contributed by atoms with van der Waals surface area (Å²) in [5, 5.41) is 17.3. The van der Waals surface area contributed by atoms with Gasteiger partial charge in [-0.15, -0.1) is 0 Å². The van der Waals surface area contributed by atoms with Gasteiger partial charge in [-0.25, -0.2) is 4.79 Å². The van der Waals surface area contributed by atoms with Gasteiger partial charge in [-0.05, 0) is 6.92 Å². The van der Waals surface area contributed by atoms with Crippen molar-refractivity contribution in [2.24, 2.45) is 11.7 Å². The molecule has 0 spiro atoms. The fraction of sp³-hybridized carbons (Fsp3) is 0.600. The van der Waals surface area contributed by atoms with E-state index in [2.05, 4.69) is 0 Å². The maximum atomic E-state index is 11.8. The molecule has 0 aromatic heterocycles. The van der Waals surface area contributed by atoms with E-state index in [1.54, 1.807) is 6.92 Å². The summed E-state index contributed by atoms with van der Waals surface area (Å²) in [7, 11) is 1.42. The lowest BCUT2D eigenvalue weighted by Gasteiger charge is -2.26. The van der Waals surface area contributed by atoms with E-state index in [-0.39, 0.29) is 12.5 Å². The van der Waals surface area contributed by atoms with Gasteiger partial charge in [0.05, 0.1) is 12.0 Å². The van der Waals surface area contributed by atoms with E-state index in [4.69, 9.17) is 16.1 Å². The number of nitriles is 1. The molecule has 100 valence electrons. The minimum Gasteiger partial charge on any atom is -0.480 e. The highest BCUT2D eigenvalue weighted by Gasteiger charge is 2.22. The molecule has 3 amide bonds. The predicted molar refractivity (Wildman–Crippen MR) is 61.2 cm³/mol. The second kappa shape index (κ2) is 7.11. The normalized spacial score (nSPS) is 11.2. The molecule has 1 unspecified atom stereocenters. The van der Waals surface area contributed by atoms with E-state index in [9.17, 15) is 14.4 Å². The summed E-state index contributed by atoms with van der Waals surface area (Å²) in [5.74, 6) is -2.43. The van der Waals surface area contributed by atoms with Crippen molar-refractivity contribution < 1.29 is 19.5 Å². The molecule has 0 radical (unpaired) electrons. The smallest absolute Gasteiger partial charge is 0.323 e. The van der Waals surface area contributed by atoms with Gasteiger partial charge in [0.15, 0.2) is 0 Å². The van der Waals surface area contributed by atoms with Crippen molar-refractivity contribution in [2.45, 2.75) is 6.92 Å². The van der Waals surface area contributed by atoms with Crippen LogP contribution in [0, 0.1) is 17.2 Å². The lowest BCUT2D eigenvalue weighted by Crippen LogP contribution is -2.48. The SMILES string of the molecule is CC(C#N)CN(C)C(=O)N(CC(N)=O)CC(=O)O. The first-order valence-electron chi connectivity index (χ1n) is 5.17. The number of aliphatic carboxylic acids is 1. The highest BCUT2D eigenvalue weighted by Crippen LogP contribution is 2.01. The Morgan fingerprint density at radius 1 is 1.39 bits per heavy atom. The number of carbonyl (C=O) groups excluding carboxylic acids is 2. The van der Waals surface area contributed by atoms with Crippen molar-refractivity contribution in [2.75, 3.05) is 26.7 Å². The van der Waals surface area contributed by atoms with E-state index in [1.165, 1.54) is 11.9 Å². The molecule has 0 rings (SSSR count). The molecular weight excluding hydrogens is 240 g/mol. The van der Waals surface area contributed by atoms with Gasteiger partial charge in [0.25, 0.3) is 0 Å². The number of hydrogen-bond donors (Lipinski definition) is 2. The Labute approximate surface area is 105 Å². The quantitative estimate of drug-likeness (QED) is 0.634. The molecule has 18 heavy (non-hydrogen) atoms. The number of nitrogens with zero attached hydrogens (tertiary/aromatic N) is 3. The zero-order valence-corrected chi connectivity index (χ0v) is 10.3. The summed E-state index contributed by atoms with van der Waals surface area (Å²) in [5.41, 5.74) is 4.94. The van der Waals surface area contributed by atoms with Gasteiger partial charge in [-0.3, -0.25) is 9.59 Å². The van der Waals surface area contributed by atoms with Crippen LogP contribution in [0.1, 0.15) is 6.92 Å². The monoisotopic (exact) mass is 256 g/mol. The molecule has 8 heteroatoms.